The first-order chi connectivity index (χ1) is 12.1. The molecule has 0 aliphatic rings. The van der Waals surface area contributed by atoms with E-state index in [1.807, 2.05) is 24.3 Å². The van der Waals surface area contributed by atoms with Crippen LogP contribution in [0.5, 0.6) is 0 Å². The summed E-state index contributed by atoms with van der Waals surface area (Å²) in [6.45, 7) is 8.73. The smallest absolute Gasteiger partial charge is 0.179 e. The van der Waals surface area contributed by atoms with Crippen LogP contribution >= 0.6 is 15.9 Å². The largest absolute Gasteiger partial charge is 0.293 e. The minimum absolute atomic E-state index is 0.0180. The van der Waals surface area contributed by atoms with Gasteiger partial charge in [-0.05, 0) is 44.5 Å². The number of unbranched alkanes of at least 4 members (excludes halogenated alkanes) is 6. The Hall–Kier alpha value is -0.670. The van der Waals surface area contributed by atoms with Gasteiger partial charge in [-0.15, -0.1) is 0 Å². The van der Waals surface area contributed by atoms with Crippen molar-refractivity contribution >= 4 is 21.7 Å². The van der Waals surface area contributed by atoms with Crippen molar-refractivity contribution in [1.82, 2.24) is 4.90 Å². The molecule has 0 aromatic heterocycles. The molecule has 0 saturated heterocycles. The van der Waals surface area contributed by atoms with Crippen molar-refractivity contribution in [3.05, 3.63) is 34.3 Å². The molecule has 1 unspecified atom stereocenters. The summed E-state index contributed by atoms with van der Waals surface area (Å²) < 4.78 is 1.02. The van der Waals surface area contributed by atoms with Gasteiger partial charge in [0.15, 0.2) is 5.78 Å². The molecular formula is C22H36BrNO. The second kappa shape index (κ2) is 13.5. The van der Waals surface area contributed by atoms with Crippen LogP contribution in [0.3, 0.4) is 0 Å². The van der Waals surface area contributed by atoms with E-state index in [0.29, 0.717) is 0 Å². The molecule has 0 N–H and O–H groups in total. The van der Waals surface area contributed by atoms with Gasteiger partial charge in [0.2, 0.25) is 0 Å². The molecule has 3 heteroatoms. The Kier molecular flexibility index (Phi) is 12.1. The summed E-state index contributed by atoms with van der Waals surface area (Å²) in [5.74, 6) is 0.279. The number of Topliss-reactive ketones (excluding diaryl/α,β-unsaturated/α-hetero) is 1. The topological polar surface area (TPSA) is 20.3 Å². The zero-order valence-electron chi connectivity index (χ0n) is 16.4. The van der Waals surface area contributed by atoms with E-state index in [-0.39, 0.29) is 11.8 Å². The molecule has 142 valence electrons. The number of ketones is 1. The summed E-state index contributed by atoms with van der Waals surface area (Å²) in [5.41, 5.74) is 0.835. The summed E-state index contributed by atoms with van der Waals surface area (Å²) >= 11 is 3.45. The van der Waals surface area contributed by atoms with Gasteiger partial charge < -0.3 is 0 Å². The fourth-order valence-electron chi connectivity index (χ4n) is 3.32. The van der Waals surface area contributed by atoms with Crippen LogP contribution < -0.4 is 0 Å². The van der Waals surface area contributed by atoms with Gasteiger partial charge in [-0.1, -0.05) is 87.4 Å². The molecule has 0 bridgehead atoms. The molecule has 0 spiro atoms. The van der Waals surface area contributed by atoms with E-state index < -0.39 is 0 Å². The number of benzene rings is 1. The molecular weight excluding hydrogens is 374 g/mol. The zero-order chi connectivity index (χ0) is 18.5. The Labute approximate surface area is 163 Å². The van der Waals surface area contributed by atoms with Gasteiger partial charge in [0, 0.05) is 10.0 Å². The quantitative estimate of drug-likeness (QED) is 0.246. The normalized spacial score (nSPS) is 12.5. The molecule has 0 aliphatic carbocycles. The highest BCUT2D eigenvalue weighted by atomic mass is 79.9. The summed E-state index contributed by atoms with van der Waals surface area (Å²) in [6.07, 6.45) is 10.9. The van der Waals surface area contributed by atoms with Crippen LogP contribution in [-0.2, 0) is 0 Å². The fourth-order valence-corrected chi connectivity index (χ4v) is 3.59. The van der Waals surface area contributed by atoms with Crippen molar-refractivity contribution in [3.8, 4) is 0 Å². The third-order valence-corrected chi connectivity index (χ3v) is 5.39. The van der Waals surface area contributed by atoms with Gasteiger partial charge in [-0.25, -0.2) is 0 Å². The lowest BCUT2D eigenvalue weighted by Crippen LogP contribution is -2.42. The van der Waals surface area contributed by atoms with Crippen LogP contribution in [0.4, 0.5) is 0 Å². The van der Waals surface area contributed by atoms with E-state index in [1.54, 1.807) is 0 Å². The van der Waals surface area contributed by atoms with Crippen LogP contribution in [0.25, 0.3) is 0 Å². The van der Waals surface area contributed by atoms with Crippen molar-refractivity contribution in [3.63, 3.8) is 0 Å². The van der Waals surface area contributed by atoms with E-state index in [4.69, 9.17) is 0 Å². The molecule has 25 heavy (non-hydrogen) atoms. The molecule has 1 aromatic rings. The standard InChI is InChI=1S/C22H36BrNO/c1-4-7-9-11-17-24(18-12-10-8-5-2)21(6-3)22(25)19-13-15-20(23)16-14-19/h13-16,21H,4-12,17-18H2,1-3H3. The number of hydrogen-bond acceptors (Lipinski definition) is 2. The molecule has 0 heterocycles. The highest BCUT2D eigenvalue weighted by Gasteiger charge is 2.24. The van der Waals surface area contributed by atoms with Gasteiger partial charge >= 0.3 is 0 Å². The predicted octanol–water partition coefficient (Wildman–Crippen LogP) is 6.87. The summed E-state index contributed by atoms with van der Waals surface area (Å²) in [6, 6.07) is 7.84. The van der Waals surface area contributed by atoms with Gasteiger partial charge in [0.25, 0.3) is 0 Å². The average Bonchev–Trinajstić information content (AvgIpc) is 2.62. The SMILES string of the molecule is CCCCCCN(CCCCCC)C(CC)C(=O)c1ccc(Br)cc1. The Morgan fingerprint density at radius 1 is 0.880 bits per heavy atom. The van der Waals surface area contributed by atoms with Gasteiger partial charge in [0.05, 0.1) is 6.04 Å². The molecule has 1 rings (SSSR count). The van der Waals surface area contributed by atoms with Gasteiger partial charge in [-0.3, -0.25) is 9.69 Å². The van der Waals surface area contributed by atoms with Crippen molar-refractivity contribution in [2.24, 2.45) is 0 Å². The van der Waals surface area contributed by atoms with Crippen LogP contribution in [0, 0.1) is 0 Å². The van der Waals surface area contributed by atoms with Gasteiger partial charge in [0.1, 0.15) is 0 Å². The summed E-state index contributed by atoms with van der Waals surface area (Å²) in [5, 5.41) is 0. The number of rotatable bonds is 14. The molecule has 0 radical (unpaired) electrons. The van der Waals surface area contributed by atoms with E-state index in [1.165, 1.54) is 51.4 Å². The predicted molar refractivity (Wildman–Crippen MR) is 112 cm³/mol. The lowest BCUT2D eigenvalue weighted by molar-refractivity contribution is 0.0803. The number of nitrogens with zero attached hydrogens (tertiary/aromatic N) is 1. The first-order valence-electron chi connectivity index (χ1n) is 10.2. The van der Waals surface area contributed by atoms with E-state index >= 15 is 0 Å². The molecule has 2 nitrogen and oxygen atoms in total. The third-order valence-electron chi connectivity index (χ3n) is 4.86. The maximum absolute atomic E-state index is 13.0. The minimum atomic E-state index is 0.0180. The Morgan fingerprint density at radius 2 is 1.40 bits per heavy atom. The highest BCUT2D eigenvalue weighted by Crippen LogP contribution is 2.18. The van der Waals surface area contributed by atoms with Crippen LogP contribution in [-0.4, -0.2) is 29.8 Å². The minimum Gasteiger partial charge on any atom is -0.293 e. The number of halogens is 1. The molecule has 0 aliphatic heterocycles. The van der Waals surface area contributed by atoms with Crippen molar-refractivity contribution < 1.29 is 4.79 Å². The van der Waals surface area contributed by atoms with Crippen molar-refractivity contribution in [2.75, 3.05) is 13.1 Å². The maximum Gasteiger partial charge on any atom is 0.179 e. The van der Waals surface area contributed by atoms with E-state index in [0.717, 1.165) is 29.5 Å². The van der Waals surface area contributed by atoms with Crippen LogP contribution in [0.1, 0.15) is 88.9 Å². The second-order valence-electron chi connectivity index (χ2n) is 6.95. The lowest BCUT2D eigenvalue weighted by Gasteiger charge is -2.30. The Bertz CT molecular complexity index is 459. The second-order valence-corrected chi connectivity index (χ2v) is 7.87. The number of hydrogen-bond donors (Lipinski definition) is 0. The average molecular weight is 410 g/mol. The fraction of sp³-hybridized carbons (Fsp3) is 0.682. The number of carbonyl (C=O) groups excluding carboxylic acids is 1. The third kappa shape index (κ3) is 8.50. The summed E-state index contributed by atoms with van der Waals surface area (Å²) in [4.78, 5) is 15.5. The highest BCUT2D eigenvalue weighted by molar-refractivity contribution is 9.10. The number of carbonyl (C=O) groups is 1. The molecule has 0 amide bonds. The first kappa shape index (κ1) is 22.4. The van der Waals surface area contributed by atoms with Crippen LogP contribution in [0.15, 0.2) is 28.7 Å². The van der Waals surface area contributed by atoms with Gasteiger partial charge in [-0.2, -0.15) is 0 Å². The van der Waals surface area contributed by atoms with Crippen molar-refractivity contribution in [2.45, 2.75) is 84.6 Å². The molecule has 0 fully saturated rings. The zero-order valence-corrected chi connectivity index (χ0v) is 18.0. The van der Waals surface area contributed by atoms with E-state index in [2.05, 4.69) is 41.6 Å². The maximum atomic E-state index is 13.0. The molecule has 1 atom stereocenters. The first-order valence-corrected chi connectivity index (χ1v) is 11.0. The van der Waals surface area contributed by atoms with Crippen LogP contribution in [0.2, 0.25) is 0 Å². The van der Waals surface area contributed by atoms with E-state index in [9.17, 15) is 4.79 Å². The molecule has 1 aromatic carbocycles. The Balaban J connectivity index is 2.74. The molecule has 0 saturated carbocycles. The summed E-state index contributed by atoms with van der Waals surface area (Å²) in [7, 11) is 0. The lowest BCUT2D eigenvalue weighted by atomic mass is 9.99. The van der Waals surface area contributed by atoms with Crippen molar-refractivity contribution in [1.29, 1.82) is 0 Å². The monoisotopic (exact) mass is 409 g/mol. The Morgan fingerprint density at radius 3 is 1.84 bits per heavy atom.